The highest BCUT2D eigenvalue weighted by Gasteiger charge is 2.10. The smallest absolute Gasteiger partial charge is 0.0624 e. The molecule has 1 aromatic heterocycles. The Balaban J connectivity index is 2.47. The molecule has 15 heavy (non-hydrogen) atoms. The summed E-state index contributed by atoms with van der Waals surface area (Å²) in [6, 6.07) is 9.69. The van der Waals surface area contributed by atoms with Gasteiger partial charge in [0.15, 0.2) is 0 Å². The van der Waals surface area contributed by atoms with Crippen LogP contribution in [0.25, 0.3) is 11.1 Å². The van der Waals surface area contributed by atoms with Gasteiger partial charge in [-0.25, -0.2) is 0 Å². The molecular weight excluding hydrogens is 206 g/mol. The Morgan fingerprint density at radius 1 is 1.27 bits per heavy atom. The van der Waals surface area contributed by atoms with Gasteiger partial charge >= 0.3 is 0 Å². The summed E-state index contributed by atoms with van der Waals surface area (Å²) >= 11 is 1.66. The molecule has 2 aromatic rings. The van der Waals surface area contributed by atoms with E-state index in [0.29, 0.717) is 0 Å². The zero-order valence-electron chi connectivity index (χ0n) is 8.26. The molecule has 0 saturated heterocycles. The predicted molar refractivity (Wildman–Crippen MR) is 63.8 cm³/mol. The number of benzene rings is 1. The highest BCUT2D eigenvalue weighted by molar-refractivity contribution is 7.08. The largest absolute Gasteiger partial charge is 0.394 e. The van der Waals surface area contributed by atoms with Crippen LogP contribution in [0.4, 0.5) is 0 Å². The third-order valence-electron chi connectivity index (χ3n) is 2.39. The molecule has 0 radical (unpaired) electrons. The van der Waals surface area contributed by atoms with Crippen LogP contribution in [-0.4, -0.2) is 11.7 Å². The normalized spacial score (nSPS) is 12.7. The first-order chi connectivity index (χ1) is 7.33. The van der Waals surface area contributed by atoms with Crippen LogP contribution in [0.15, 0.2) is 41.1 Å². The van der Waals surface area contributed by atoms with Gasteiger partial charge in [0.1, 0.15) is 0 Å². The van der Waals surface area contributed by atoms with E-state index in [-0.39, 0.29) is 12.6 Å². The first-order valence-corrected chi connectivity index (χ1v) is 5.75. The number of aliphatic hydroxyl groups excluding tert-OH is 1. The van der Waals surface area contributed by atoms with Crippen LogP contribution in [0.5, 0.6) is 0 Å². The predicted octanol–water partition coefficient (Wildman–Crippen LogP) is 2.41. The van der Waals surface area contributed by atoms with E-state index in [1.54, 1.807) is 11.3 Å². The van der Waals surface area contributed by atoms with Crippen molar-refractivity contribution in [3.05, 3.63) is 46.7 Å². The third-order valence-corrected chi connectivity index (χ3v) is 3.07. The van der Waals surface area contributed by atoms with E-state index in [9.17, 15) is 0 Å². The first kappa shape index (κ1) is 10.4. The van der Waals surface area contributed by atoms with Crippen LogP contribution >= 0.6 is 11.3 Å². The Kier molecular flexibility index (Phi) is 3.16. The van der Waals surface area contributed by atoms with Crippen LogP contribution in [0.1, 0.15) is 11.6 Å². The second kappa shape index (κ2) is 4.57. The SMILES string of the molecule is N[C@@H](CO)c1ccccc1-c1ccsc1. The van der Waals surface area contributed by atoms with Gasteiger partial charge in [-0.1, -0.05) is 24.3 Å². The van der Waals surface area contributed by atoms with Crippen molar-refractivity contribution in [2.45, 2.75) is 6.04 Å². The van der Waals surface area contributed by atoms with Gasteiger partial charge in [-0.2, -0.15) is 11.3 Å². The summed E-state index contributed by atoms with van der Waals surface area (Å²) in [7, 11) is 0. The standard InChI is InChI=1S/C12H13NOS/c13-12(7-14)11-4-2-1-3-10(11)9-5-6-15-8-9/h1-6,8,12,14H,7,13H2/t12-/m0/s1. The van der Waals surface area contributed by atoms with Gasteiger partial charge in [0, 0.05) is 0 Å². The molecule has 0 aliphatic heterocycles. The lowest BCUT2D eigenvalue weighted by atomic mass is 9.97. The molecule has 0 aliphatic carbocycles. The highest BCUT2D eigenvalue weighted by Crippen LogP contribution is 2.28. The number of thiophene rings is 1. The van der Waals surface area contributed by atoms with Crippen molar-refractivity contribution in [2.24, 2.45) is 5.73 Å². The average molecular weight is 219 g/mol. The molecule has 0 saturated carbocycles. The van der Waals surface area contributed by atoms with Crippen LogP contribution < -0.4 is 5.73 Å². The Bertz CT molecular complexity index is 425. The van der Waals surface area contributed by atoms with Crippen molar-refractivity contribution in [1.82, 2.24) is 0 Å². The summed E-state index contributed by atoms with van der Waals surface area (Å²) in [4.78, 5) is 0. The summed E-state index contributed by atoms with van der Waals surface area (Å²) in [5.41, 5.74) is 9.13. The zero-order valence-corrected chi connectivity index (χ0v) is 9.08. The Morgan fingerprint density at radius 2 is 2.07 bits per heavy atom. The molecule has 0 unspecified atom stereocenters. The van der Waals surface area contributed by atoms with Gasteiger partial charge < -0.3 is 10.8 Å². The van der Waals surface area contributed by atoms with E-state index in [4.69, 9.17) is 10.8 Å². The molecule has 0 amide bonds. The molecule has 0 spiro atoms. The van der Waals surface area contributed by atoms with Crippen LogP contribution in [0.2, 0.25) is 0 Å². The minimum atomic E-state index is -0.305. The summed E-state index contributed by atoms with van der Waals surface area (Å²) in [5, 5.41) is 13.2. The van der Waals surface area contributed by atoms with Crippen LogP contribution in [0, 0.1) is 0 Å². The van der Waals surface area contributed by atoms with Crippen molar-refractivity contribution < 1.29 is 5.11 Å². The number of aliphatic hydroxyl groups is 1. The number of rotatable bonds is 3. The number of hydrogen-bond donors (Lipinski definition) is 2. The second-order valence-electron chi connectivity index (χ2n) is 3.39. The highest BCUT2D eigenvalue weighted by atomic mass is 32.1. The molecule has 0 aliphatic rings. The molecule has 0 fully saturated rings. The van der Waals surface area contributed by atoms with Gasteiger partial charge in [0.25, 0.3) is 0 Å². The molecule has 2 nitrogen and oxygen atoms in total. The lowest BCUT2D eigenvalue weighted by Crippen LogP contribution is -2.15. The third kappa shape index (κ3) is 2.09. The fourth-order valence-corrected chi connectivity index (χ4v) is 2.26. The van der Waals surface area contributed by atoms with Gasteiger partial charge in [0.2, 0.25) is 0 Å². The molecule has 2 rings (SSSR count). The molecule has 3 N–H and O–H groups in total. The first-order valence-electron chi connectivity index (χ1n) is 4.81. The van der Waals surface area contributed by atoms with Crippen LogP contribution in [0.3, 0.4) is 0 Å². The van der Waals surface area contributed by atoms with Crippen LogP contribution in [-0.2, 0) is 0 Å². The van der Waals surface area contributed by atoms with Gasteiger partial charge in [0.05, 0.1) is 12.6 Å². The fraction of sp³-hybridized carbons (Fsp3) is 0.167. The van der Waals surface area contributed by atoms with Crippen molar-refractivity contribution in [2.75, 3.05) is 6.61 Å². The molecule has 3 heteroatoms. The molecule has 1 aromatic carbocycles. The van der Waals surface area contributed by atoms with Gasteiger partial charge in [-0.05, 0) is 33.5 Å². The summed E-state index contributed by atoms with van der Waals surface area (Å²) < 4.78 is 0. The second-order valence-corrected chi connectivity index (χ2v) is 4.17. The zero-order chi connectivity index (χ0) is 10.7. The van der Waals surface area contributed by atoms with E-state index in [2.05, 4.69) is 11.4 Å². The topological polar surface area (TPSA) is 46.2 Å². The average Bonchev–Trinajstić information content (AvgIpc) is 2.81. The molecule has 1 atom stereocenters. The fourth-order valence-electron chi connectivity index (χ4n) is 1.60. The monoisotopic (exact) mass is 219 g/mol. The van der Waals surface area contributed by atoms with Crippen molar-refractivity contribution in [1.29, 1.82) is 0 Å². The molecular formula is C12H13NOS. The molecule has 1 heterocycles. The van der Waals surface area contributed by atoms with E-state index < -0.39 is 0 Å². The summed E-state index contributed by atoms with van der Waals surface area (Å²) in [5.74, 6) is 0. The Hall–Kier alpha value is -1.16. The molecule has 78 valence electrons. The maximum Gasteiger partial charge on any atom is 0.0624 e. The van der Waals surface area contributed by atoms with Gasteiger partial charge in [-0.3, -0.25) is 0 Å². The maximum atomic E-state index is 9.09. The number of hydrogen-bond acceptors (Lipinski definition) is 3. The Morgan fingerprint density at radius 3 is 2.73 bits per heavy atom. The number of nitrogens with two attached hydrogens (primary N) is 1. The minimum Gasteiger partial charge on any atom is -0.394 e. The van der Waals surface area contributed by atoms with Crippen molar-refractivity contribution in [3.63, 3.8) is 0 Å². The van der Waals surface area contributed by atoms with E-state index >= 15 is 0 Å². The van der Waals surface area contributed by atoms with E-state index in [1.165, 1.54) is 5.56 Å². The van der Waals surface area contributed by atoms with Crippen molar-refractivity contribution in [3.8, 4) is 11.1 Å². The lowest BCUT2D eigenvalue weighted by Gasteiger charge is -2.13. The minimum absolute atomic E-state index is 0.0266. The lowest BCUT2D eigenvalue weighted by molar-refractivity contribution is 0.268. The summed E-state index contributed by atoms with van der Waals surface area (Å²) in [6.07, 6.45) is 0. The van der Waals surface area contributed by atoms with Gasteiger partial charge in [-0.15, -0.1) is 0 Å². The Labute approximate surface area is 93.0 Å². The van der Waals surface area contributed by atoms with E-state index in [0.717, 1.165) is 11.1 Å². The quantitative estimate of drug-likeness (QED) is 0.832. The summed E-state index contributed by atoms with van der Waals surface area (Å²) in [6.45, 7) is -0.0266. The van der Waals surface area contributed by atoms with E-state index in [1.807, 2.05) is 29.6 Å². The van der Waals surface area contributed by atoms with Crippen molar-refractivity contribution >= 4 is 11.3 Å². The molecule has 0 bridgehead atoms. The maximum absolute atomic E-state index is 9.09.